The molecule has 2 aromatic carbocycles. The smallest absolute Gasteiger partial charge is 0.119 e. The Bertz CT molecular complexity index is 688. The van der Waals surface area contributed by atoms with E-state index in [1.165, 1.54) is 15.6 Å². The van der Waals surface area contributed by atoms with Gasteiger partial charge in [-0.05, 0) is 59.7 Å². The zero-order valence-corrected chi connectivity index (χ0v) is 12.2. The van der Waals surface area contributed by atoms with Crippen molar-refractivity contribution < 1.29 is 4.74 Å². The normalized spacial score (nSPS) is 10.7. The average Bonchev–Trinajstić information content (AvgIpc) is 2.94. The third kappa shape index (κ3) is 2.94. The summed E-state index contributed by atoms with van der Waals surface area (Å²) in [5.74, 6) is 0.927. The molecule has 102 valence electrons. The van der Waals surface area contributed by atoms with Crippen LogP contribution >= 0.6 is 11.3 Å². The minimum Gasteiger partial charge on any atom is -0.494 e. The molecule has 0 saturated carbocycles. The SMILES string of the molecule is CCOc1ccc(CNc2ccc3sccc3c2)cc1. The number of nitrogens with one attached hydrogen (secondary N) is 1. The van der Waals surface area contributed by atoms with Gasteiger partial charge in [-0.15, -0.1) is 11.3 Å². The highest BCUT2D eigenvalue weighted by atomic mass is 32.1. The molecule has 0 fully saturated rings. The van der Waals surface area contributed by atoms with E-state index in [2.05, 4.69) is 47.1 Å². The Hall–Kier alpha value is -2.00. The van der Waals surface area contributed by atoms with Crippen LogP contribution in [0.4, 0.5) is 5.69 Å². The number of ether oxygens (including phenoxy) is 1. The Morgan fingerprint density at radius 1 is 1.05 bits per heavy atom. The van der Waals surface area contributed by atoms with Crippen LogP contribution in [0.2, 0.25) is 0 Å². The van der Waals surface area contributed by atoms with E-state index in [9.17, 15) is 0 Å². The van der Waals surface area contributed by atoms with Crippen LogP contribution in [0.5, 0.6) is 5.75 Å². The predicted octanol–water partition coefficient (Wildman–Crippen LogP) is 4.91. The molecule has 0 radical (unpaired) electrons. The molecule has 3 rings (SSSR count). The van der Waals surface area contributed by atoms with Gasteiger partial charge in [0.15, 0.2) is 0 Å². The second kappa shape index (κ2) is 5.97. The van der Waals surface area contributed by atoms with Crippen molar-refractivity contribution in [3.63, 3.8) is 0 Å². The molecule has 0 aliphatic heterocycles. The van der Waals surface area contributed by atoms with Crippen molar-refractivity contribution in [1.29, 1.82) is 0 Å². The van der Waals surface area contributed by atoms with Crippen LogP contribution in [0, 0.1) is 0 Å². The molecule has 0 bridgehead atoms. The van der Waals surface area contributed by atoms with E-state index in [1.807, 2.05) is 19.1 Å². The quantitative estimate of drug-likeness (QED) is 0.718. The van der Waals surface area contributed by atoms with Gasteiger partial charge < -0.3 is 10.1 Å². The van der Waals surface area contributed by atoms with Crippen molar-refractivity contribution in [2.24, 2.45) is 0 Å². The number of hydrogen-bond donors (Lipinski definition) is 1. The molecular weight excluding hydrogens is 266 g/mol. The van der Waals surface area contributed by atoms with Crippen molar-refractivity contribution in [3.05, 3.63) is 59.5 Å². The van der Waals surface area contributed by atoms with Gasteiger partial charge in [0, 0.05) is 16.9 Å². The molecule has 1 aromatic heterocycles. The number of rotatable bonds is 5. The highest BCUT2D eigenvalue weighted by molar-refractivity contribution is 7.17. The Labute approximate surface area is 123 Å². The van der Waals surface area contributed by atoms with Gasteiger partial charge in [0.25, 0.3) is 0 Å². The zero-order valence-electron chi connectivity index (χ0n) is 11.4. The van der Waals surface area contributed by atoms with Crippen LogP contribution in [-0.2, 0) is 6.54 Å². The van der Waals surface area contributed by atoms with Crippen LogP contribution in [0.3, 0.4) is 0 Å². The standard InChI is InChI=1S/C17H17NOS/c1-2-19-16-6-3-13(4-7-16)12-18-15-5-8-17-14(11-15)9-10-20-17/h3-11,18H,2,12H2,1H3. The van der Waals surface area contributed by atoms with E-state index in [-0.39, 0.29) is 0 Å². The fraction of sp³-hybridized carbons (Fsp3) is 0.176. The maximum atomic E-state index is 5.44. The minimum absolute atomic E-state index is 0.707. The number of fused-ring (bicyclic) bond motifs is 1. The summed E-state index contributed by atoms with van der Waals surface area (Å²) in [5, 5.41) is 6.88. The first-order valence-electron chi connectivity index (χ1n) is 6.78. The molecule has 0 spiro atoms. The van der Waals surface area contributed by atoms with Crippen LogP contribution in [0.15, 0.2) is 53.9 Å². The van der Waals surface area contributed by atoms with E-state index < -0.39 is 0 Å². The number of anilines is 1. The highest BCUT2D eigenvalue weighted by Crippen LogP contribution is 2.24. The van der Waals surface area contributed by atoms with Crippen molar-refractivity contribution in [2.45, 2.75) is 13.5 Å². The number of thiophene rings is 1. The van der Waals surface area contributed by atoms with Gasteiger partial charge in [0.05, 0.1) is 6.61 Å². The fourth-order valence-corrected chi connectivity index (χ4v) is 2.92. The van der Waals surface area contributed by atoms with Crippen LogP contribution < -0.4 is 10.1 Å². The zero-order chi connectivity index (χ0) is 13.8. The topological polar surface area (TPSA) is 21.3 Å². The number of benzene rings is 2. The molecule has 2 nitrogen and oxygen atoms in total. The summed E-state index contributed by atoms with van der Waals surface area (Å²) in [4.78, 5) is 0. The summed E-state index contributed by atoms with van der Waals surface area (Å²) in [7, 11) is 0. The Kier molecular flexibility index (Phi) is 3.88. The second-order valence-corrected chi connectivity index (χ2v) is 5.55. The molecule has 1 N–H and O–H groups in total. The van der Waals surface area contributed by atoms with Gasteiger partial charge in [-0.1, -0.05) is 12.1 Å². The summed E-state index contributed by atoms with van der Waals surface area (Å²) >= 11 is 1.78. The van der Waals surface area contributed by atoms with Crippen molar-refractivity contribution in [2.75, 3.05) is 11.9 Å². The first-order valence-corrected chi connectivity index (χ1v) is 7.66. The largest absolute Gasteiger partial charge is 0.494 e. The second-order valence-electron chi connectivity index (χ2n) is 4.60. The highest BCUT2D eigenvalue weighted by Gasteiger charge is 1.99. The van der Waals surface area contributed by atoms with Gasteiger partial charge in [0.2, 0.25) is 0 Å². The lowest BCUT2D eigenvalue weighted by Crippen LogP contribution is -1.99. The lowest BCUT2D eigenvalue weighted by atomic mass is 10.2. The molecule has 0 amide bonds. The molecule has 0 unspecified atom stereocenters. The van der Waals surface area contributed by atoms with E-state index in [0.717, 1.165) is 18.0 Å². The lowest BCUT2D eigenvalue weighted by molar-refractivity contribution is 0.340. The van der Waals surface area contributed by atoms with Crippen molar-refractivity contribution in [1.82, 2.24) is 0 Å². The maximum Gasteiger partial charge on any atom is 0.119 e. The van der Waals surface area contributed by atoms with Gasteiger partial charge in [-0.25, -0.2) is 0 Å². The number of hydrogen-bond acceptors (Lipinski definition) is 3. The summed E-state index contributed by atoms with van der Waals surface area (Å²) in [6.45, 7) is 3.52. The Morgan fingerprint density at radius 2 is 1.90 bits per heavy atom. The molecule has 0 saturated heterocycles. The maximum absolute atomic E-state index is 5.44. The third-order valence-electron chi connectivity index (χ3n) is 3.18. The van der Waals surface area contributed by atoms with Crippen LogP contribution in [0.1, 0.15) is 12.5 Å². The monoisotopic (exact) mass is 283 g/mol. The fourth-order valence-electron chi connectivity index (χ4n) is 2.15. The van der Waals surface area contributed by atoms with Gasteiger partial charge in [-0.3, -0.25) is 0 Å². The lowest BCUT2D eigenvalue weighted by Gasteiger charge is -2.08. The van der Waals surface area contributed by atoms with Gasteiger partial charge >= 0.3 is 0 Å². The molecule has 3 aromatic rings. The van der Waals surface area contributed by atoms with Crippen LogP contribution in [0.25, 0.3) is 10.1 Å². The third-order valence-corrected chi connectivity index (χ3v) is 4.08. The van der Waals surface area contributed by atoms with E-state index in [0.29, 0.717) is 6.61 Å². The summed E-state index contributed by atoms with van der Waals surface area (Å²) in [5.41, 5.74) is 2.41. The Balaban J connectivity index is 1.66. The molecular formula is C17H17NOS. The summed E-state index contributed by atoms with van der Waals surface area (Å²) in [6.07, 6.45) is 0. The molecule has 0 aliphatic carbocycles. The molecule has 0 atom stereocenters. The molecule has 20 heavy (non-hydrogen) atoms. The summed E-state index contributed by atoms with van der Waals surface area (Å²) in [6, 6.07) is 16.9. The predicted molar refractivity (Wildman–Crippen MR) is 86.8 cm³/mol. The Morgan fingerprint density at radius 3 is 2.70 bits per heavy atom. The van der Waals surface area contributed by atoms with E-state index in [1.54, 1.807) is 11.3 Å². The molecule has 0 aliphatic rings. The van der Waals surface area contributed by atoms with E-state index >= 15 is 0 Å². The van der Waals surface area contributed by atoms with Crippen molar-refractivity contribution >= 4 is 27.1 Å². The molecule has 1 heterocycles. The average molecular weight is 283 g/mol. The molecule has 3 heteroatoms. The van der Waals surface area contributed by atoms with Gasteiger partial charge in [0.1, 0.15) is 5.75 Å². The first-order chi connectivity index (χ1) is 9.85. The van der Waals surface area contributed by atoms with Gasteiger partial charge in [-0.2, -0.15) is 0 Å². The van der Waals surface area contributed by atoms with E-state index in [4.69, 9.17) is 4.74 Å². The first kappa shape index (κ1) is 13.0. The van der Waals surface area contributed by atoms with Crippen molar-refractivity contribution in [3.8, 4) is 5.75 Å². The van der Waals surface area contributed by atoms with Crippen LogP contribution in [-0.4, -0.2) is 6.61 Å². The minimum atomic E-state index is 0.707. The summed E-state index contributed by atoms with van der Waals surface area (Å²) < 4.78 is 6.77.